The number of aliphatic carboxylic acids is 4. The van der Waals surface area contributed by atoms with Gasteiger partial charge in [-0.1, -0.05) is 25.7 Å². The minimum atomic E-state index is -1.82. The van der Waals surface area contributed by atoms with Gasteiger partial charge in [-0.3, -0.25) is 38.6 Å². The van der Waals surface area contributed by atoms with Gasteiger partial charge in [0.25, 0.3) is 0 Å². The number of unbranched alkanes of at least 4 members (excludes halogenated alkanes) is 6. The number of nitrogens with one attached hydrogen (secondary N) is 6. The lowest BCUT2D eigenvalue weighted by Gasteiger charge is -2.39. The van der Waals surface area contributed by atoms with E-state index < -0.39 is 170 Å². The van der Waals surface area contributed by atoms with Crippen LogP contribution in [0.4, 0.5) is 9.59 Å². The van der Waals surface area contributed by atoms with Gasteiger partial charge in [0, 0.05) is 53.1 Å². The fourth-order valence-corrected chi connectivity index (χ4v) is 8.52. The second-order valence-electron chi connectivity index (χ2n) is 19.2. The van der Waals surface area contributed by atoms with Crippen molar-refractivity contribution in [3.63, 3.8) is 0 Å². The van der Waals surface area contributed by atoms with E-state index in [0.717, 1.165) is 26.0 Å². The fourth-order valence-electron chi connectivity index (χ4n) is 8.52. The molecule has 2 heterocycles. The summed E-state index contributed by atoms with van der Waals surface area (Å²) in [5.74, 6) is -10.3. The summed E-state index contributed by atoms with van der Waals surface area (Å²) in [6.45, 7) is -1.26. The van der Waals surface area contributed by atoms with E-state index >= 15 is 0 Å². The summed E-state index contributed by atoms with van der Waals surface area (Å²) in [7, 11) is 0. The van der Waals surface area contributed by atoms with Gasteiger partial charge in [0.15, 0.2) is 36.3 Å². The van der Waals surface area contributed by atoms with E-state index in [1.54, 1.807) is 0 Å². The van der Waals surface area contributed by atoms with E-state index in [2.05, 4.69) is 41.9 Å². The summed E-state index contributed by atoms with van der Waals surface area (Å²) in [6.07, 6.45) is -6.52. The zero-order valence-electron chi connectivity index (χ0n) is 46.5. The number of rotatable bonds is 39. The topological polar surface area (TPSA) is 577 Å². The van der Waals surface area contributed by atoms with Crippen LogP contribution < -0.4 is 54.8 Å². The lowest BCUT2D eigenvalue weighted by atomic mass is 9.92. The van der Waals surface area contributed by atoms with Gasteiger partial charge in [-0.05, 0) is 37.8 Å². The van der Waals surface area contributed by atoms with Gasteiger partial charge in [0.2, 0.25) is 35.1 Å². The zero-order valence-corrected chi connectivity index (χ0v) is 46.5. The smallest absolute Gasteiger partial charge is 0.407 e. The molecule has 474 valence electrons. The molecule has 2 rings (SSSR count). The molecule has 2 aliphatic rings. The molecule has 0 saturated heterocycles. The van der Waals surface area contributed by atoms with Crippen molar-refractivity contribution in [1.29, 1.82) is 0 Å². The summed E-state index contributed by atoms with van der Waals surface area (Å²) in [4.78, 5) is 133. The van der Waals surface area contributed by atoms with Crippen LogP contribution in [0.1, 0.15) is 65.2 Å². The van der Waals surface area contributed by atoms with Crippen molar-refractivity contribution in [2.75, 3.05) is 78.7 Å². The van der Waals surface area contributed by atoms with E-state index in [1.807, 2.05) is 0 Å². The average molecular weight is 1210 g/mol. The number of guanidine groups is 2. The Morgan fingerprint density at radius 2 is 0.857 bits per heavy atom. The molecule has 0 saturated carbocycles. The first-order valence-electron chi connectivity index (χ1n) is 26.5. The number of carboxylic acids is 4. The Morgan fingerprint density at radius 3 is 1.13 bits per heavy atom. The molecule has 22 N–H and O–H groups in total. The van der Waals surface area contributed by atoms with Gasteiger partial charge in [0.05, 0.1) is 63.6 Å². The molecule has 6 amide bonds. The van der Waals surface area contributed by atoms with E-state index in [9.17, 15) is 88.8 Å². The summed E-state index contributed by atoms with van der Waals surface area (Å²) < 4.78 is 21.7. The molecule has 36 heteroatoms. The molecule has 36 nitrogen and oxygen atoms in total. The third-order valence-corrected chi connectivity index (χ3v) is 12.2. The van der Waals surface area contributed by atoms with E-state index in [-0.39, 0.29) is 52.4 Å². The van der Waals surface area contributed by atoms with Crippen LogP contribution in [0.3, 0.4) is 0 Å². The fraction of sp³-hybridized carbons (Fsp3) is 0.667. The van der Waals surface area contributed by atoms with Crippen LogP contribution in [0.25, 0.3) is 0 Å². The van der Waals surface area contributed by atoms with Crippen molar-refractivity contribution < 1.29 is 108 Å². The summed E-state index contributed by atoms with van der Waals surface area (Å²) in [5, 5.41) is 94.2. The molecule has 0 radical (unpaired) electrons. The van der Waals surface area contributed by atoms with Crippen LogP contribution in [0, 0.1) is 0 Å². The highest BCUT2D eigenvalue weighted by atomic mass is 16.6. The Labute approximate surface area is 481 Å². The van der Waals surface area contributed by atoms with Crippen molar-refractivity contribution in [2.45, 2.75) is 126 Å². The average Bonchev–Trinajstić information content (AvgIpc) is 2.13. The number of carbonyl (C=O) groups is 10. The Morgan fingerprint density at radius 1 is 0.536 bits per heavy atom. The molecule has 0 bridgehead atoms. The number of hydrogen-bond donors (Lipinski definition) is 18. The number of carbonyl (C=O) groups excluding carboxylic acids is 6. The Bertz CT molecular complexity index is 2200. The molecule has 0 fully saturated rings. The normalized spacial score (nSPS) is 19.6. The maximum atomic E-state index is 12.8. The summed E-state index contributed by atoms with van der Waals surface area (Å²) in [5.41, 5.74) is 22.0. The lowest BCUT2D eigenvalue weighted by molar-refractivity contribution is -0.147. The quantitative estimate of drug-likeness (QED) is 0.0154. The molecule has 0 aromatic heterocycles. The first kappa shape index (κ1) is 71.8. The SMILES string of the molecule is CC(=O)N[C@H]1[C@H]([C@H](OC(=O)NCCCCCCNC(=O)CN(CCN(CC(=O)O)CC(=O)NCCCCCCNC(=O)O[C@@H]([C@@H]2OC(C(=O)O)=C[C@H](N=C(N)N)[C@H]2NC(C)=O)[C@H](O)CO)CC(=O)O)[C@H](O)CO)OC(C(=O)O)=C[C@@H]1N=C(N)N. The molecule has 0 spiro atoms. The monoisotopic (exact) mass is 1200 g/mol. The number of amides is 6. The van der Waals surface area contributed by atoms with Crippen molar-refractivity contribution in [2.24, 2.45) is 32.9 Å². The lowest BCUT2D eigenvalue weighted by Crippen LogP contribution is -2.61. The minimum Gasteiger partial charge on any atom is -0.480 e. The van der Waals surface area contributed by atoms with Crippen molar-refractivity contribution >= 4 is 71.6 Å². The van der Waals surface area contributed by atoms with Crippen molar-refractivity contribution in [1.82, 2.24) is 41.7 Å². The highest BCUT2D eigenvalue weighted by Gasteiger charge is 2.48. The van der Waals surface area contributed by atoms with Gasteiger partial charge in [-0.25, -0.2) is 29.2 Å². The van der Waals surface area contributed by atoms with Gasteiger partial charge < -0.3 is 115 Å². The van der Waals surface area contributed by atoms with Crippen molar-refractivity contribution in [3.05, 3.63) is 23.7 Å². The van der Waals surface area contributed by atoms with E-state index in [1.165, 1.54) is 9.80 Å². The predicted molar refractivity (Wildman–Crippen MR) is 289 cm³/mol. The molecule has 10 atom stereocenters. The third-order valence-electron chi connectivity index (χ3n) is 12.2. The number of alkyl carbamates (subject to hydrolysis) is 2. The van der Waals surface area contributed by atoms with Gasteiger partial charge in [-0.15, -0.1) is 0 Å². The number of carboxylic acid groups (broad SMARTS) is 4. The maximum Gasteiger partial charge on any atom is 0.407 e. The van der Waals surface area contributed by atoms with E-state index in [0.29, 0.717) is 51.4 Å². The standard InChI is InChI=1S/C48H80N14O22/c1-25(65)57-37-27(59-45(49)50)17-31(43(75)76)81-41(37)39(29(67)23-63)83-47(79)55-13-9-5-3-7-11-53-33(69)19-61(21-35(71)72)15-16-62(22-36(73)74)20-34(70)54-12-8-4-6-10-14-56-48(80)84-40(30(68)24-64)42-38(58-26(2)66)28(60-46(51)52)18-32(82-42)44(77)78/h17-18,27-30,37-42,63-64,67-68H,3-16,19-24H2,1-2H3,(H,53,69)(H,54,70)(H,55,79)(H,56,80)(H,57,65)(H,58,66)(H,71,72)(H,73,74)(H,75,76)(H,77,78)(H4,49,50,59)(H4,51,52,60)/t27-,28-,29+,30+,37+,38+,39+,40+,41+,42+/m0/s1. The van der Waals surface area contributed by atoms with Crippen LogP contribution in [0.15, 0.2) is 33.7 Å². The van der Waals surface area contributed by atoms with Gasteiger partial charge in [0.1, 0.15) is 12.2 Å². The van der Waals surface area contributed by atoms with Gasteiger partial charge in [-0.2, -0.15) is 0 Å². The minimum absolute atomic E-state index is 0.0541. The highest BCUT2D eigenvalue weighted by Crippen LogP contribution is 2.28. The van der Waals surface area contributed by atoms with Crippen LogP contribution in [0.2, 0.25) is 0 Å². The summed E-state index contributed by atoms with van der Waals surface area (Å²) in [6, 6.07) is -5.02. The first-order chi connectivity index (χ1) is 39.6. The molecule has 84 heavy (non-hydrogen) atoms. The number of nitrogens with two attached hydrogens (primary N) is 4. The predicted octanol–water partition coefficient (Wildman–Crippen LogP) is -6.96. The second-order valence-corrected chi connectivity index (χ2v) is 19.2. The molecular formula is C48H80N14O22. The van der Waals surface area contributed by atoms with E-state index in [4.69, 9.17) is 41.9 Å². The molecule has 0 aromatic rings. The zero-order chi connectivity index (χ0) is 63.1. The molecule has 0 aliphatic carbocycles. The number of aliphatic hydroxyl groups is 4. The number of ether oxygens (including phenoxy) is 4. The molecule has 0 unspecified atom stereocenters. The third kappa shape index (κ3) is 27.6. The molecule has 0 aromatic carbocycles. The number of hydrogen-bond acceptors (Lipinski definition) is 22. The first-order valence-corrected chi connectivity index (χ1v) is 26.5. The second kappa shape index (κ2) is 37.7. The number of aliphatic imine (C=N–C) groups is 2. The molecule has 2 aliphatic heterocycles. The Kier molecular flexibility index (Phi) is 32.2. The number of aliphatic hydroxyl groups excluding tert-OH is 4. The Balaban J connectivity index is 1.79. The van der Waals surface area contributed by atoms with Gasteiger partial charge >= 0.3 is 36.1 Å². The van der Waals surface area contributed by atoms with Crippen LogP contribution in [-0.4, -0.2) is 262 Å². The van der Waals surface area contributed by atoms with Crippen LogP contribution >= 0.6 is 0 Å². The van der Waals surface area contributed by atoms with Crippen molar-refractivity contribution in [3.8, 4) is 0 Å². The highest BCUT2D eigenvalue weighted by molar-refractivity contribution is 5.86. The van der Waals surface area contributed by atoms with Crippen LogP contribution in [-0.2, 0) is 57.3 Å². The number of nitrogens with zero attached hydrogens (tertiary/aromatic N) is 4. The van der Waals surface area contributed by atoms with Crippen LogP contribution in [0.5, 0.6) is 0 Å². The Hall–Kier alpha value is -8.32. The summed E-state index contributed by atoms with van der Waals surface area (Å²) >= 11 is 0. The largest absolute Gasteiger partial charge is 0.480 e. The maximum absolute atomic E-state index is 12.8. The molecular weight excluding hydrogens is 1120 g/mol.